The lowest BCUT2D eigenvalue weighted by Gasteiger charge is -2.17. The van der Waals surface area contributed by atoms with E-state index in [1.54, 1.807) is 0 Å². The molecule has 0 fully saturated rings. The number of rotatable bonds is 11. The Hall–Kier alpha value is -3.28. The van der Waals surface area contributed by atoms with Gasteiger partial charge in [-0.1, -0.05) is 6.08 Å². The van der Waals surface area contributed by atoms with Gasteiger partial charge in [-0.3, -0.25) is 14.4 Å². The van der Waals surface area contributed by atoms with E-state index in [9.17, 15) is 22.0 Å². The van der Waals surface area contributed by atoms with Crippen molar-refractivity contribution in [1.82, 2.24) is 15.2 Å². The maximum Gasteiger partial charge on any atom is 0.300 e. The molecule has 0 radical (unpaired) electrons. The Morgan fingerprint density at radius 1 is 1.11 bits per heavy atom. The average molecular weight is 665 g/mol. The van der Waals surface area contributed by atoms with Crippen molar-refractivity contribution in [3.63, 3.8) is 0 Å². The van der Waals surface area contributed by atoms with Gasteiger partial charge in [0.2, 0.25) is 0 Å². The fourth-order valence-corrected chi connectivity index (χ4v) is 4.08. The van der Waals surface area contributed by atoms with Gasteiger partial charge in [0, 0.05) is 23.2 Å². The van der Waals surface area contributed by atoms with Crippen molar-refractivity contribution in [2.24, 2.45) is 0 Å². The molecule has 0 atom stereocenters. The Morgan fingerprint density at radius 2 is 1.84 bits per heavy atom. The summed E-state index contributed by atoms with van der Waals surface area (Å²) >= 11 is 1.86. The molecule has 0 aliphatic rings. The number of aromatic nitrogens is 1. The third-order valence-electron chi connectivity index (χ3n) is 4.93. The summed E-state index contributed by atoms with van der Waals surface area (Å²) in [6, 6.07) is 6.00. The monoisotopic (exact) mass is 665 g/mol. The Kier molecular flexibility index (Phi) is 9.64. The van der Waals surface area contributed by atoms with Crippen molar-refractivity contribution in [3.8, 4) is 0 Å². The van der Waals surface area contributed by atoms with Crippen molar-refractivity contribution in [3.05, 3.63) is 92.7 Å². The minimum Gasteiger partial charge on any atom is -0.350 e. The maximum atomic E-state index is 15.3. The molecular formula is C23H20F4IN5O4S. The smallest absolute Gasteiger partial charge is 0.300 e. The van der Waals surface area contributed by atoms with Gasteiger partial charge in [0.1, 0.15) is 5.82 Å². The Balaban J connectivity index is 2.07. The summed E-state index contributed by atoms with van der Waals surface area (Å²) in [5.41, 5.74) is -0.0889. The first-order valence-corrected chi connectivity index (χ1v) is 13.1. The summed E-state index contributed by atoms with van der Waals surface area (Å²) in [7, 11) is -3.03. The second-order valence-corrected chi connectivity index (χ2v) is 10.4. The Bertz CT molecular complexity index is 1490. The van der Waals surface area contributed by atoms with Gasteiger partial charge < -0.3 is 5.32 Å². The molecule has 9 nitrogen and oxygen atoms in total. The molecule has 1 aromatic heterocycles. The SMILES string of the molecule is C=CCONC(=O)c1cc(Cc2ccnc(NS(=O)(=O)NC)c2F)c(F)c(F)c1Nc1ccc(I)cc1F. The summed E-state index contributed by atoms with van der Waals surface area (Å²) in [4.78, 5) is 21.3. The maximum absolute atomic E-state index is 15.3. The molecule has 0 bridgehead atoms. The van der Waals surface area contributed by atoms with Gasteiger partial charge in [-0.2, -0.15) is 8.42 Å². The number of amides is 1. The first kappa shape index (κ1) is 29.3. The minimum absolute atomic E-state index is 0.107. The largest absolute Gasteiger partial charge is 0.350 e. The predicted octanol–water partition coefficient (Wildman–Crippen LogP) is 4.30. The summed E-state index contributed by atoms with van der Waals surface area (Å²) < 4.78 is 87.6. The fraction of sp³-hybridized carbons (Fsp3) is 0.130. The van der Waals surface area contributed by atoms with Gasteiger partial charge in [-0.15, -0.1) is 6.58 Å². The van der Waals surface area contributed by atoms with Crippen LogP contribution in [0.15, 0.2) is 49.2 Å². The number of carbonyl (C=O) groups excluding carboxylic acids is 1. The topological polar surface area (TPSA) is 121 Å². The second-order valence-electron chi connectivity index (χ2n) is 7.49. The number of hydrogen-bond donors (Lipinski definition) is 4. The molecule has 0 unspecified atom stereocenters. The molecule has 15 heteroatoms. The Morgan fingerprint density at radius 3 is 2.50 bits per heavy atom. The number of nitrogens with one attached hydrogen (secondary N) is 4. The van der Waals surface area contributed by atoms with Crippen LogP contribution in [0, 0.1) is 26.8 Å². The lowest BCUT2D eigenvalue weighted by Crippen LogP contribution is -2.27. The van der Waals surface area contributed by atoms with Crippen molar-refractivity contribution >= 4 is 55.9 Å². The number of benzene rings is 2. The van der Waals surface area contributed by atoms with Gasteiger partial charge in [-0.25, -0.2) is 32.7 Å². The fourth-order valence-electron chi connectivity index (χ4n) is 3.13. The van der Waals surface area contributed by atoms with Crippen LogP contribution in [-0.2, 0) is 21.5 Å². The van der Waals surface area contributed by atoms with Crippen LogP contribution in [0.4, 0.5) is 34.8 Å². The molecule has 4 N–H and O–H groups in total. The molecule has 38 heavy (non-hydrogen) atoms. The van der Waals surface area contributed by atoms with Gasteiger partial charge in [0.15, 0.2) is 23.3 Å². The van der Waals surface area contributed by atoms with E-state index in [1.165, 1.54) is 18.2 Å². The minimum atomic E-state index is -4.12. The molecule has 202 valence electrons. The number of hydrogen-bond acceptors (Lipinski definition) is 6. The highest BCUT2D eigenvalue weighted by molar-refractivity contribution is 14.1. The van der Waals surface area contributed by atoms with Crippen LogP contribution in [0.3, 0.4) is 0 Å². The van der Waals surface area contributed by atoms with Crippen LogP contribution in [0.1, 0.15) is 21.5 Å². The van der Waals surface area contributed by atoms with E-state index in [1.807, 2.05) is 37.5 Å². The highest BCUT2D eigenvalue weighted by atomic mass is 127. The average Bonchev–Trinajstić information content (AvgIpc) is 2.87. The third-order valence-corrected chi connectivity index (χ3v) is 6.60. The van der Waals surface area contributed by atoms with E-state index in [4.69, 9.17) is 4.84 Å². The summed E-state index contributed by atoms with van der Waals surface area (Å²) in [6.07, 6.45) is 1.78. The zero-order valence-corrected chi connectivity index (χ0v) is 22.5. The first-order chi connectivity index (χ1) is 18.0. The normalized spacial score (nSPS) is 11.2. The zero-order chi connectivity index (χ0) is 28.0. The van der Waals surface area contributed by atoms with Gasteiger partial charge in [0.25, 0.3) is 16.1 Å². The van der Waals surface area contributed by atoms with E-state index in [0.29, 0.717) is 3.57 Å². The van der Waals surface area contributed by atoms with Crippen LogP contribution in [0.5, 0.6) is 0 Å². The Labute approximate surface area is 229 Å². The van der Waals surface area contributed by atoms with Crippen LogP contribution < -0.4 is 20.2 Å². The molecule has 0 spiro atoms. The number of halogens is 5. The molecular weight excluding hydrogens is 645 g/mol. The molecule has 3 rings (SSSR count). The van der Waals surface area contributed by atoms with Gasteiger partial charge in [-0.05, 0) is 64.0 Å². The van der Waals surface area contributed by atoms with Crippen molar-refractivity contribution in [2.45, 2.75) is 6.42 Å². The molecule has 0 aliphatic carbocycles. The van der Waals surface area contributed by atoms with E-state index >= 15 is 8.78 Å². The molecule has 0 saturated carbocycles. The molecule has 0 aliphatic heterocycles. The molecule has 2 aromatic carbocycles. The number of hydroxylamine groups is 1. The molecule has 1 heterocycles. The second kappa shape index (κ2) is 12.5. The quantitative estimate of drug-likeness (QED) is 0.0798. The predicted molar refractivity (Wildman–Crippen MR) is 141 cm³/mol. The lowest BCUT2D eigenvalue weighted by atomic mass is 10.00. The van der Waals surface area contributed by atoms with Crippen molar-refractivity contribution in [2.75, 3.05) is 23.7 Å². The molecule has 3 aromatic rings. The number of pyridine rings is 1. The number of carbonyl (C=O) groups is 1. The summed E-state index contributed by atoms with van der Waals surface area (Å²) in [5.74, 6) is -6.62. The summed E-state index contributed by atoms with van der Waals surface area (Å²) in [6.45, 7) is 3.32. The standard InChI is InChI=1S/C23H20F4IN5O4S/c1-3-8-37-32-23(34)15-10-13(9-12-6-7-30-22(19(12)26)33-38(35,36)29-2)18(25)20(27)21(15)31-17-5-4-14(28)11-16(17)24/h3-7,10-11,29,31H,1,8-9H2,2H3,(H,30,33)(H,32,34). The van der Waals surface area contributed by atoms with Crippen LogP contribution in [0.2, 0.25) is 0 Å². The van der Waals surface area contributed by atoms with Crippen LogP contribution in [-0.4, -0.2) is 33.0 Å². The number of anilines is 3. The van der Waals surface area contributed by atoms with Gasteiger partial charge in [0.05, 0.1) is 23.5 Å². The van der Waals surface area contributed by atoms with E-state index in [2.05, 4.69) is 16.9 Å². The molecule has 0 saturated heterocycles. The zero-order valence-electron chi connectivity index (χ0n) is 19.5. The first-order valence-electron chi connectivity index (χ1n) is 10.6. The van der Waals surface area contributed by atoms with E-state index < -0.39 is 68.4 Å². The lowest BCUT2D eigenvalue weighted by molar-refractivity contribution is 0.0422. The van der Waals surface area contributed by atoms with Crippen LogP contribution in [0.25, 0.3) is 0 Å². The van der Waals surface area contributed by atoms with E-state index in [0.717, 1.165) is 31.4 Å². The van der Waals surface area contributed by atoms with E-state index in [-0.39, 0.29) is 17.9 Å². The number of nitrogens with zero attached hydrogens (tertiary/aromatic N) is 1. The van der Waals surface area contributed by atoms with Gasteiger partial charge >= 0.3 is 0 Å². The summed E-state index contributed by atoms with van der Waals surface area (Å²) in [5, 5.41) is 2.39. The van der Waals surface area contributed by atoms with Crippen molar-refractivity contribution in [1.29, 1.82) is 0 Å². The highest BCUT2D eigenvalue weighted by Gasteiger charge is 2.25. The van der Waals surface area contributed by atoms with Crippen LogP contribution >= 0.6 is 22.6 Å². The van der Waals surface area contributed by atoms with Crippen molar-refractivity contribution < 1.29 is 35.6 Å². The third kappa shape index (κ3) is 6.97. The molecule has 1 amide bonds. The highest BCUT2D eigenvalue weighted by Crippen LogP contribution is 2.32.